The maximum Gasteiger partial charge on any atom is 1.00 e. The summed E-state index contributed by atoms with van der Waals surface area (Å²) in [5.41, 5.74) is 0. The normalized spacial score (nSPS) is 0. The largest absolute Gasteiger partial charge is 1.00 e. The van der Waals surface area contributed by atoms with E-state index in [9.17, 15) is 0 Å². The van der Waals surface area contributed by atoms with E-state index in [1.807, 2.05) is 0 Å². The summed E-state index contributed by atoms with van der Waals surface area (Å²) in [5, 5.41) is 0. The summed E-state index contributed by atoms with van der Waals surface area (Å²) in [4.78, 5) is 0. The van der Waals surface area contributed by atoms with Crippen molar-refractivity contribution < 1.29 is 109 Å². The molecule has 5 heavy (non-hydrogen) atoms. The molecule has 0 atom stereocenters. The topological polar surface area (TPSA) is 31.5 Å². The monoisotopic (exact) mass is 230 g/mol. The predicted molar refractivity (Wildman–Crippen MR) is 4.73 cm³/mol. The summed E-state index contributed by atoms with van der Waals surface area (Å²) >= 11 is 0. The van der Waals surface area contributed by atoms with Crippen molar-refractivity contribution in [1.82, 2.24) is 0 Å². The van der Waals surface area contributed by atoms with Crippen LogP contribution >= 0.6 is 0 Å². The van der Waals surface area contributed by atoms with E-state index < -0.39 is 0 Å². The molecule has 2 radical (unpaired) electrons. The SMILES string of the molecule is O.[Co].[H-].[K+].[Mn].[Ni]. The van der Waals surface area contributed by atoms with Crippen LogP contribution in [-0.2, 0) is 50.3 Å². The molecule has 0 bridgehead atoms. The van der Waals surface area contributed by atoms with Gasteiger partial charge < -0.3 is 6.90 Å². The van der Waals surface area contributed by atoms with Crippen LogP contribution in [0.3, 0.4) is 0 Å². The Hall–Kier alpha value is 3.12. The first-order chi connectivity index (χ1) is 0. The van der Waals surface area contributed by atoms with E-state index in [0.29, 0.717) is 0 Å². The van der Waals surface area contributed by atoms with Crippen LogP contribution in [0, 0.1) is 0 Å². The minimum Gasteiger partial charge on any atom is -1.00 e. The zero-order valence-electron chi connectivity index (χ0n) is 3.53. The molecule has 5 heteroatoms. The molecule has 0 unspecified atom stereocenters. The number of hydrogen-bond donors (Lipinski definition) is 0. The third kappa shape index (κ3) is 19.2. The van der Waals surface area contributed by atoms with Gasteiger partial charge in [0, 0.05) is 50.3 Å². The van der Waals surface area contributed by atoms with Gasteiger partial charge in [0.2, 0.25) is 0 Å². The molecular weight excluding hydrogens is 228 g/mol. The second kappa shape index (κ2) is 27.4. The van der Waals surface area contributed by atoms with Crippen LogP contribution in [0.4, 0.5) is 0 Å². The van der Waals surface area contributed by atoms with Crippen LogP contribution in [0.15, 0.2) is 0 Å². The Labute approximate surface area is 106 Å². The van der Waals surface area contributed by atoms with Gasteiger partial charge in [-0.3, -0.25) is 0 Å². The van der Waals surface area contributed by atoms with Crippen LogP contribution in [0.25, 0.3) is 0 Å². The predicted octanol–water partition coefficient (Wildman–Crippen LogP) is -3.72. The van der Waals surface area contributed by atoms with E-state index in [2.05, 4.69) is 0 Å². The molecule has 36 valence electrons. The minimum absolute atomic E-state index is 0. The van der Waals surface area contributed by atoms with E-state index in [4.69, 9.17) is 0 Å². The molecule has 0 heterocycles. The molecule has 0 aliphatic rings. The first-order valence-corrected chi connectivity index (χ1v) is 0. The van der Waals surface area contributed by atoms with Gasteiger partial charge in [-0.05, 0) is 0 Å². The maximum absolute atomic E-state index is 0. The van der Waals surface area contributed by atoms with Crippen LogP contribution in [-0.4, -0.2) is 5.48 Å². The summed E-state index contributed by atoms with van der Waals surface area (Å²) in [6.07, 6.45) is 0. The van der Waals surface area contributed by atoms with E-state index in [0.717, 1.165) is 0 Å². The quantitative estimate of drug-likeness (QED) is 0.384. The summed E-state index contributed by atoms with van der Waals surface area (Å²) in [6.45, 7) is 0. The van der Waals surface area contributed by atoms with Gasteiger partial charge in [-0.15, -0.1) is 0 Å². The summed E-state index contributed by atoms with van der Waals surface area (Å²) in [7, 11) is 0. The smallest absolute Gasteiger partial charge is 1.00 e. The molecule has 0 aliphatic heterocycles. The van der Waals surface area contributed by atoms with Gasteiger partial charge in [0.15, 0.2) is 0 Å². The van der Waals surface area contributed by atoms with Gasteiger partial charge in [-0.25, -0.2) is 0 Å². The molecule has 0 spiro atoms. The third-order valence-corrected chi connectivity index (χ3v) is 0. The molecule has 0 saturated heterocycles. The van der Waals surface area contributed by atoms with E-state index in [-0.39, 0.29) is 109 Å². The summed E-state index contributed by atoms with van der Waals surface area (Å²) < 4.78 is 0. The minimum atomic E-state index is 0. The average Bonchev–Trinajstić information content (AvgIpc) is 0. The zero-order chi connectivity index (χ0) is 0. The van der Waals surface area contributed by atoms with Crippen molar-refractivity contribution in [2.75, 3.05) is 0 Å². The van der Waals surface area contributed by atoms with Crippen molar-refractivity contribution in [1.29, 1.82) is 0 Å². The molecule has 0 aromatic rings. The van der Waals surface area contributed by atoms with Gasteiger partial charge in [0.25, 0.3) is 0 Å². The first-order valence-electron chi connectivity index (χ1n) is 0. The second-order valence-corrected chi connectivity index (χ2v) is 0. The Kier molecular flexibility index (Phi) is 232. The van der Waals surface area contributed by atoms with Gasteiger partial charge in [0.1, 0.15) is 0 Å². The Bertz CT molecular complexity index is 15.5. The van der Waals surface area contributed by atoms with Gasteiger partial charge in [0.05, 0.1) is 0 Å². The summed E-state index contributed by atoms with van der Waals surface area (Å²) in [5.74, 6) is 0. The van der Waals surface area contributed by atoms with Crippen molar-refractivity contribution in [3.05, 3.63) is 0 Å². The molecule has 0 fully saturated rings. The zero-order valence-corrected chi connectivity index (χ0v) is 8.86. The van der Waals surface area contributed by atoms with Crippen LogP contribution in [0.1, 0.15) is 1.43 Å². The molecule has 1 nitrogen and oxygen atoms in total. The molecule has 0 rings (SSSR count). The van der Waals surface area contributed by atoms with Crippen LogP contribution < -0.4 is 51.4 Å². The fourth-order valence-electron chi connectivity index (χ4n) is 0. The fraction of sp³-hybridized carbons (Fsp3) is 0. The summed E-state index contributed by atoms with van der Waals surface area (Å²) in [6, 6.07) is 0. The van der Waals surface area contributed by atoms with E-state index in [1.165, 1.54) is 0 Å². The van der Waals surface area contributed by atoms with Gasteiger partial charge in [-0.1, -0.05) is 0 Å². The Morgan fingerprint density at radius 3 is 1.20 bits per heavy atom. The average molecular weight is 231 g/mol. The molecule has 0 amide bonds. The second-order valence-electron chi connectivity index (χ2n) is 0. The Balaban J connectivity index is 0. The van der Waals surface area contributed by atoms with Gasteiger partial charge >= 0.3 is 51.4 Å². The Morgan fingerprint density at radius 2 is 1.20 bits per heavy atom. The number of rotatable bonds is 0. The van der Waals surface area contributed by atoms with E-state index >= 15 is 0 Å². The van der Waals surface area contributed by atoms with Crippen molar-refractivity contribution in [2.45, 2.75) is 0 Å². The van der Waals surface area contributed by atoms with Crippen LogP contribution in [0.2, 0.25) is 0 Å². The third-order valence-electron chi connectivity index (χ3n) is 0. The standard InChI is InChI=1S/Co.K.Mn.Ni.H2O.H/h;;;;1H2;/q;+1;;;;-1. The molecule has 2 N–H and O–H groups in total. The Morgan fingerprint density at radius 1 is 1.20 bits per heavy atom. The maximum atomic E-state index is 0. The van der Waals surface area contributed by atoms with E-state index in [1.54, 1.807) is 0 Å². The molecular formula is H3CoKMnNiO. The molecule has 0 aromatic heterocycles. The van der Waals surface area contributed by atoms with Gasteiger partial charge in [-0.2, -0.15) is 0 Å². The first kappa shape index (κ1) is 42.3. The van der Waals surface area contributed by atoms with Crippen molar-refractivity contribution in [3.8, 4) is 0 Å². The van der Waals surface area contributed by atoms with Crippen LogP contribution in [0.5, 0.6) is 0 Å². The van der Waals surface area contributed by atoms with Crippen molar-refractivity contribution in [2.24, 2.45) is 0 Å². The fourth-order valence-corrected chi connectivity index (χ4v) is 0. The molecule has 0 aliphatic carbocycles. The number of hydrogen-bond acceptors (Lipinski definition) is 0. The molecule has 0 saturated carbocycles. The molecule has 0 aromatic carbocycles. The van der Waals surface area contributed by atoms with Crippen molar-refractivity contribution in [3.63, 3.8) is 0 Å². The van der Waals surface area contributed by atoms with Crippen molar-refractivity contribution >= 4 is 0 Å².